The summed E-state index contributed by atoms with van der Waals surface area (Å²) >= 11 is 0. The maximum absolute atomic E-state index is 11.1. The van der Waals surface area contributed by atoms with Gasteiger partial charge in [0, 0.05) is 21.0 Å². The number of rotatable bonds is 4. The number of carbonyl (C=O) groups is 2. The van der Waals surface area contributed by atoms with Crippen molar-refractivity contribution in [2.24, 2.45) is 0 Å². The van der Waals surface area contributed by atoms with Crippen LogP contribution in [0.5, 0.6) is 0 Å². The zero-order valence-corrected chi connectivity index (χ0v) is 11.5. The Morgan fingerprint density at radius 3 is 2.32 bits per heavy atom. The molecule has 0 aromatic rings. The number of carbonyl (C=O) groups excluding carboxylic acids is 2. The van der Waals surface area contributed by atoms with Gasteiger partial charge >= 0.3 is 11.9 Å². The summed E-state index contributed by atoms with van der Waals surface area (Å²) in [4.78, 5) is 21.9. The van der Waals surface area contributed by atoms with Crippen LogP contribution in [-0.4, -0.2) is 61.3 Å². The van der Waals surface area contributed by atoms with E-state index in [2.05, 4.69) is 0 Å². The van der Waals surface area contributed by atoms with Gasteiger partial charge in [-0.15, -0.1) is 0 Å². The van der Waals surface area contributed by atoms with Crippen LogP contribution in [0.3, 0.4) is 0 Å². The Balaban J connectivity index is 2.80. The third-order valence-electron chi connectivity index (χ3n) is 2.92. The molecule has 1 fully saturated rings. The van der Waals surface area contributed by atoms with Crippen LogP contribution in [0.1, 0.15) is 20.8 Å². The molecular weight excluding hydrogens is 256 g/mol. The van der Waals surface area contributed by atoms with Crippen LogP contribution >= 0.6 is 0 Å². The van der Waals surface area contributed by atoms with Gasteiger partial charge in [-0.05, 0) is 6.92 Å². The highest BCUT2D eigenvalue weighted by atomic mass is 16.6. The summed E-state index contributed by atoms with van der Waals surface area (Å²) < 4.78 is 20.7. The first-order chi connectivity index (χ1) is 8.86. The van der Waals surface area contributed by atoms with Crippen molar-refractivity contribution >= 4 is 11.9 Å². The Morgan fingerprint density at radius 2 is 1.84 bits per heavy atom. The van der Waals surface area contributed by atoms with E-state index in [-0.39, 0.29) is 6.61 Å². The predicted octanol–water partition coefficient (Wildman–Crippen LogP) is -0.356. The lowest BCUT2D eigenvalue weighted by Crippen LogP contribution is -2.59. The number of esters is 2. The fraction of sp³-hybridized carbons (Fsp3) is 0.833. The Morgan fingerprint density at radius 1 is 1.21 bits per heavy atom. The molecule has 1 aliphatic heterocycles. The number of aliphatic hydroxyl groups excluding tert-OH is 1. The minimum atomic E-state index is -0.998. The van der Waals surface area contributed by atoms with Gasteiger partial charge in [-0.2, -0.15) is 0 Å². The van der Waals surface area contributed by atoms with Crippen molar-refractivity contribution in [2.45, 2.75) is 51.3 Å². The van der Waals surface area contributed by atoms with E-state index in [0.717, 1.165) is 0 Å². The third-order valence-corrected chi connectivity index (χ3v) is 2.92. The summed E-state index contributed by atoms with van der Waals surface area (Å²) in [5, 5.41) is 9.99. The largest absolute Gasteiger partial charge is 0.463 e. The third kappa shape index (κ3) is 4.15. The molecule has 1 heterocycles. The van der Waals surface area contributed by atoms with Crippen molar-refractivity contribution in [1.29, 1.82) is 0 Å². The van der Waals surface area contributed by atoms with E-state index in [1.165, 1.54) is 21.0 Å². The van der Waals surface area contributed by atoms with Gasteiger partial charge in [0.25, 0.3) is 0 Å². The van der Waals surface area contributed by atoms with E-state index in [1.807, 2.05) is 0 Å². The highest BCUT2D eigenvalue weighted by Crippen LogP contribution is 2.25. The minimum Gasteiger partial charge on any atom is -0.463 e. The first-order valence-electron chi connectivity index (χ1n) is 6.03. The topological polar surface area (TPSA) is 91.3 Å². The molecule has 0 amide bonds. The second-order valence-electron chi connectivity index (χ2n) is 4.45. The summed E-state index contributed by atoms with van der Waals surface area (Å²) in [6.07, 6.45) is -3.71. The molecule has 0 aromatic carbocycles. The lowest BCUT2D eigenvalue weighted by Gasteiger charge is -2.42. The number of aliphatic hydroxyl groups is 1. The standard InChI is InChI=1S/C12H20O7/c1-6-10(15)12(19-8(3)14)11(16-4)9(18-6)5-17-7(2)13/h6,9-12,15H,5H2,1-4H3/t6-,9+,10-,11+,12+/m0/s1. The van der Waals surface area contributed by atoms with E-state index in [4.69, 9.17) is 18.9 Å². The minimum absolute atomic E-state index is 0.0251. The zero-order valence-electron chi connectivity index (χ0n) is 11.5. The molecule has 1 N–H and O–H groups in total. The molecule has 5 atom stereocenters. The highest BCUT2D eigenvalue weighted by Gasteiger charge is 2.46. The average Bonchev–Trinajstić information content (AvgIpc) is 2.32. The van der Waals surface area contributed by atoms with Crippen LogP contribution in [-0.2, 0) is 28.5 Å². The molecule has 0 aromatic heterocycles. The number of ether oxygens (including phenoxy) is 4. The van der Waals surface area contributed by atoms with Gasteiger partial charge in [0.2, 0.25) is 0 Å². The molecule has 7 heteroatoms. The second-order valence-corrected chi connectivity index (χ2v) is 4.45. The Bertz CT molecular complexity index is 330. The monoisotopic (exact) mass is 276 g/mol. The fourth-order valence-corrected chi connectivity index (χ4v) is 2.05. The smallest absolute Gasteiger partial charge is 0.303 e. The molecular formula is C12H20O7. The lowest BCUT2D eigenvalue weighted by molar-refractivity contribution is -0.242. The van der Waals surface area contributed by atoms with Crippen molar-refractivity contribution in [1.82, 2.24) is 0 Å². The maximum Gasteiger partial charge on any atom is 0.303 e. The molecule has 0 bridgehead atoms. The zero-order chi connectivity index (χ0) is 14.6. The molecule has 0 radical (unpaired) electrons. The average molecular weight is 276 g/mol. The first kappa shape index (κ1) is 15.9. The number of methoxy groups -OCH3 is 1. The number of hydrogen-bond donors (Lipinski definition) is 1. The summed E-state index contributed by atoms with van der Waals surface area (Å²) in [6.45, 7) is 4.16. The lowest BCUT2D eigenvalue weighted by atomic mass is 9.95. The molecule has 1 saturated heterocycles. The van der Waals surface area contributed by atoms with E-state index < -0.39 is 42.5 Å². The summed E-state index contributed by atoms with van der Waals surface area (Å²) in [7, 11) is 1.41. The van der Waals surface area contributed by atoms with Crippen molar-refractivity contribution in [3.63, 3.8) is 0 Å². The van der Waals surface area contributed by atoms with E-state index >= 15 is 0 Å². The van der Waals surface area contributed by atoms with Gasteiger partial charge < -0.3 is 24.1 Å². The maximum atomic E-state index is 11.1. The molecule has 0 spiro atoms. The summed E-state index contributed by atoms with van der Waals surface area (Å²) in [5.41, 5.74) is 0. The van der Waals surface area contributed by atoms with Crippen molar-refractivity contribution in [3.8, 4) is 0 Å². The quantitative estimate of drug-likeness (QED) is 0.701. The SMILES string of the molecule is CO[C@H]1[C@H](OC(C)=O)[C@@H](O)[C@H](C)O[C@@H]1COC(C)=O. The van der Waals surface area contributed by atoms with Gasteiger partial charge in [0.1, 0.15) is 24.9 Å². The van der Waals surface area contributed by atoms with Gasteiger partial charge in [-0.1, -0.05) is 0 Å². The van der Waals surface area contributed by atoms with Gasteiger partial charge in [-0.25, -0.2) is 0 Å². The van der Waals surface area contributed by atoms with E-state index in [1.54, 1.807) is 6.92 Å². The van der Waals surface area contributed by atoms with Crippen molar-refractivity contribution in [2.75, 3.05) is 13.7 Å². The fourth-order valence-electron chi connectivity index (χ4n) is 2.05. The molecule has 0 unspecified atom stereocenters. The summed E-state index contributed by atoms with van der Waals surface area (Å²) in [5.74, 6) is -0.965. The molecule has 19 heavy (non-hydrogen) atoms. The van der Waals surface area contributed by atoms with Crippen LogP contribution in [0, 0.1) is 0 Å². The molecule has 7 nitrogen and oxygen atoms in total. The van der Waals surface area contributed by atoms with E-state index in [0.29, 0.717) is 0 Å². The molecule has 1 rings (SSSR count). The number of hydrogen-bond acceptors (Lipinski definition) is 7. The Kier molecular flexibility index (Phi) is 5.71. The van der Waals surface area contributed by atoms with Crippen LogP contribution in [0.4, 0.5) is 0 Å². The van der Waals surface area contributed by atoms with Crippen LogP contribution in [0.25, 0.3) is 0 Å². The van der Waals surface area contributed by atoms with Gasteiger partial charge in [0.15, 0.2) is 6.10 Å². The normalized spacial score (nSPS) is 34.7. The Hall–Kier alpha value is -1.18. The van der Waals surface area contributed by atoms with Crippen LogP contribution in [0.2, 0.25) is 0 Å². The van der Waals surface area contributed by atoms with Crippen LogP contribution in [0.15, 0.2) is 0 Å². The van der Waals surface area contributed by atoms with Crippen molar-refractivity contribution < 1.29 is 33.6 Å². The molecule has 0 aliphatic carbocycles. The molecule has 1 aliphatic rings. The van der Waals surface area contributed by atoms with E-state index in [9.17, 15) is 14.7 Å². The van der Waals surface area contributed by atoms with Gasteiger partial charge in [0.05, 0.1) is 6.10 Å². The second kappa shape index (κ2) is 6.83. The predicted molar refractivity (Wildman–Crippen MR) is 63.3 cm³/mol. The van der Waals surface area contributed by atoms with Gasteiger partial charge in [-0.3, -0.25) is 9.59 Å². The molecule has 0 saturated carbocycles. The molecule has 110 valence electrons. The highest BCUT2D eigenvalue weighted by molar-refractivity contribution is 5.66. The van der Waals surface area contributed by atoms with Crippen molar-refractivity contribution in [3.05, 3.63) is 0 Å². The van der Waals surface area contributed by atoms with Crippen LogP contribution < -0.4 is 0 Å². The summed E-state index contributed by atoms with van der Waals surface area (Å²) in [6, 6.07) is 0. The first-order valence-corrected chi connectivity index (χ1v) is 6.03. The Labute approximate surface area is 111 Å².